The predicted octanol–water partition coefficient (Wildman–Crippen LogP) is 2.73. The Balaban J connectivity index is 1.73. The topological polar surface area (TPSA) is 35.2 Å². The van der Waals surface area contributed by atoms with Gasteiger partial charge >= 0.3 is 0 Å². The lowest BCUT2D eigenvalue weighted by Crippen LogP contribution is -2.36. The maximum Gasteiger partial charge on any atom is 0.110 e. The van der Waals surface area contributed by atoms with Crippen LogP contribution in [0.3, 0.4) is 0 Å². The van der Waals surface area contributed by atoms with E-state index in [4.69, 9.17) is 10.5 Å². The minimum atomic E-state index is 0.0349. The quantitative estimate of drug-likeness (QED) is 0.872. The number of nitrogens with two attached hydrogens (primary N) is 1. The molecule has 2 heterocycles. The summed E-state index contributed by atoms with van der Waals surface area (Å²) in [6, 6.07) is 8.61. The average Bonchev–Trinajstić information content (AvgIpc) is 2.82. The molecule has 0 fully saturated rings. The van der Waals surface area contributed by atoms with Crippen molar-refractivity contribution >= 4 is 11.8 Å². The van der Waals surface area contributed by atoms with Gasteiger partial charge in [0.1, 0.15) is 5.76 Å². The normalized spacial score (nSPS) is 24.8. The van der Waals surface area contributed by atoms with Crippen molar-refractivity contribution in [3.05, 3.63) is 41.7 Å². The van der Waals surface area contributed by atoms with Gasteiger partial charge < -0.3 is 10.5 Å². The van der Waals surface area contributed by atoms with E-state index >= 15 is 0 Å². The number of hydrogen-bond donors (Lipinski definition) is 1. The van der Waals surface area contributed by atoms with Crippen LogP contribution in [-0.4, -0.2) is 17.9 Å². The fraction of sp³-hybridized carbons (Fsp3) is 0.429. The lowest BCUT2D eigenvalue weighted by atomic mass is 10.0. The van der Waals surface area contributed by atoms with E-state index in [1.807, 2.05) is 11.8 Å². The maximum absolute atomic E-state index is 6.32. The van der Waals surface area contributed by atoms with Gasteiger partial charge in [0.05, 0.1) is 12.6 Å². The summed E-state index contributed by atoms with van der Waals surface area (Å²) in [4.78, 5) is 1.38. The lowest BCUT2D eigenvalue weighted by Gasteiger charge is -2.24. The van der Waals surface area contributed by atoms with Crippen LogP contribution in [0.4, 0.5) is 0 Å². The van der Waals surface area contributed by atoms with Crippen molar-refractivity contribution in [3.8, 4) is 0 Å². The van der Waals surface area contributed by atoms with Gasteiger partial charge in [-0.25, -0.2) is 0 Å². The molecule has 1 aromatic rings. The number of fused-ring (bicyclic) bond motifs is 1. The van der Waals surface area contributed by atoms with Gasteiger partial charge in [-0.05, 0) is 37.0 Å². The average molecular weight is 247 g/mol. The highest BCUT2D eigenvalue weighted by atomic mass is 32.2. The standard InChI is InChI=1S/C14H17NOS/c15-14(11-6-3-4-8-16-11)13-9-10-5-1-2-7-12(10)17-13/h1-2,5-7,13-14H,3-4,8-9,15H2. The Bertz CT molecular complexity index is 419. The Kier molecular flexibility index (Phi) is 3.12. The zero-order valence-electron chi connectivity index (χ0n) is 9.76. The van der Waals surface area contributed by atoms with Crippen LogP contribution in [0.25, 0.3) is 0 Å². The second-order valence-corrected chi connectivity index (χ2v) is 5.87. The smallest absolute Gasteiger partial charge is 0.110 e. The maximum atomic E-state index is 6.32. The molecule has 0 saturated carbocycles. The van der Waals surface area contributed by atoms with E-state index in [9.17, 15) is 0 Å². The van der Waals surface area contributed by atoms with Crippen LogP contribution >= 0.6 is 11.8 Å². The third kappa shape index (κ3) is 2.22. The molecular formula is C14H17NOS. The summed E-state index contributed by atoms with van der Waals surface area (Å²) in [6.07, 6.45) is 5.45. The van der Waals surface area contributed by atoms with E-state index in [2.05, 4.69) is 30.3 Å². The first-order valence-corrected chi connectivity index (χ1v) is 7.05. The van der Waals surface area contributed by atoms with E-state index in [0.717, 1.165) is 31.6 Å². The second kappa shape index (κ2) is 4.75. The summed E-state index contributed by atoms with van der Waals surface area (Å²) >= 11 is 1.89. The van der Waals surface area contributed by atoms with E-state index in [-0.39, 0.29) is 6.04 Å². The Morgan fingerprint density at radius 1 is 1.35 bits per heavy atom. The van der Waals surface area contributed by atoms with Gasteiger partial charge in [-0.3, -0.25) is 0 Å². The summed E-state index contributed by atoms with van der Waals surface area (Å²) in [7, 11) is 0. The molecule has 0 aliphatic carbocycles. The molecule has 0 saturated heterocycles. The van der Waals surface area contributed by atoms with Crippen LogP contribution in [-0.2, 0) is 11.2 Å². The summed E-state index contributed by atoms with van der Waals surface area (Å²) in [5.41, 5.74) is 7.74. The van der Waals surface area contributed by atoms with Crippen molar-refractivity contribution in [1.29, 1.82) is 0 Å². The number of allylic oxidation sites excluding steroid dienone is 1. The molecule has 2 aliphatic rings. The molecule has 0 radical (unpaired) electrons. The first-order valence-electron chi connectivity index (χ1n) is 6.17. The third-order valence-corrected chi connectivity index (χ3v) is 4.78. The molecule has 2 atom stereocenters. The zero-order valence-corrected chi connectivity index (χ0v) is 10.6. The van der Waals surface area contributed by atoms with Crippen LogP contribution in [0.5, 0.6) is 0 Å². The van der Waals surface area contributed by atoms with Gasteiger partial charge in [0.15, 0.2) is 0 Å². The van der Waals surface area contributed by atoms with Crippen LogP contribution in [0.1, 0.15) is 18.4 Å². The van der Waals surface area contributed by atoms with Crippen molar-refractivity contribution in [1.82, 2.24) is 0 Å². The van der Waals surface area contributed by atoms with Crippen LogP contribution in [0.15, 0.2) is 41.0 Å². The van der Waals surface area contributed by atoms with Gasteiger partial charge in [0.2, 0.25) is 0 Å². The molecule has 2 N–H and O–H groups in total. The van der Waals surface area contributed by atoms with Crippen molar-refractivity contribution in [2.75, 3.05) is 6.61 Å². The van der Waals surface area contributed by atoms with Gasteiger partial charge in [-0.2, -0.15) is 0 Å². The van der Waals surface area contributed by atoms with Crippen LogP contribution < -0.4 is 5.73 Å². The van der Waals surface area contributed by atoms with Crippen molar-refractivity contribution in [2.45, 2.75) is 35.4 Å². The number of thioether (sulfide) groups is 1. The largest absolute Gasteiger partial charge is 0.497 e. The van der Waals surface area contributed by atoms with E-state index in [1.54, 1.807) is 0 Å². The van der Waals surface area contributed by atoms with Gasteiger partial charge in [-0.1, -0.05) is 18.2 Å². The summed E-state index contributed by atoms with van der Waals surface area (Å²) < 4.78 is 5.67. The number of rotatable bonds is 2. The van der Waals surface area contributed by atoms with Gasteiger partial charge in [0.25, 0.3) is 0 Å². The molecule has 3 heteroatoms. The number of ether oxygens (including phenoxy) is 1. The predicted molar refractivity (Wildman–Crippen MR) is 71.0 cm³/mol. The molecule has 2 aliphatic heterocycles. The monoisotopic (exact) mass is 247 g/mol. The Morgan fingerprint density at radius 3 is 3.00 bits per heavy atom. The van der Waals surface area contributed by atoms with Crippen molar-refractivity contribution < 1.29 is 4.74 Å². The van der Waals surface area contributed by atoms with E-state index < -0.39 is 0 Å². The zero-order chi connectivity index (χ0) is 11.7. The molecule has 17 heavy (non-hydrogen) atoms. The van der Waals surface area contributed by atoms with Gasteiger partial charge in [0, 0.05) is 10.1 Å². The lowest BCUT2D eigenvalue weighted by molar-refractivity contribution is 0.175. The highest BCUT2D eigenvalue weighted by Gasteiger charge is 2.30. The fourth-order valence-electron chi connectivity index (χ4n) is 2.40. The first kappa shape index (κ1) is 11.2. The van der Waals surface area contributed by atoms with E-state index in [1.165, 1.54) is 10.5 Å². The summed E-state index contributed by atoms with van der Waals surface area (Å²) in [5.74, 6) is 1.00. The minimum Gasteiger partial charge on any atom is -0.497 e. The molecule has 0 bridgehead atoms. The second-order valence-electron chi connectivity index (χ2n) is 4.59. The Morgan fingerprint density at radius 2 is 2.24 bits per heavy atom. The molecule has 90 valence electrons. The fourth-order valence-corrected chi connectivity index (χ4v) is 3.73. The Hall–Kier alpha value is -0.930. The SMILES string of the molecule is NC(C1=CCCCO1)C1Cc2ccccc2S1. The van der Waals surface area contributed by atoms with Crippen LogP contribution in [0.2, 0.25) is 0 Å². The van der Waals surface area contributed by atoms with Crippen LogP contribution in [0, 0.1) is 0 Å². The van der Waals surface area contributed by atoms with E-state index in [0.29, 0.717) is 5.25 Å². The summed E-state index contributed by atoms with van der Waals surface area (Å²) in [6.45, 7) is 0.823. The van der Waals surface area contributed by atoms with Gasteiger partial charge in [-0.15, -0.1) is 11.8 Å². The molecule has 0 aromatic heterocycles. The highest BCUT2D eigenvalue weighted by Crippen LogP contribution is 2.39. The number of benzene rings is 1. The highest BCUT2D eigenvalue weighted by molar-refractivity contribution is 8.00. The first-order chi connectivity index (χ1) is 8.34. The molecule has 3 rings (SSSR count). The molecular weight excluding hydrogens is 230 g/mol. The summed E-state index contributed by atoms with van der Waals surface area (Å²) in [5, 5.41) is 0.428. The third-order valence-electron chi connectivity index (χ3n) is 3.36. The Labute approximate surface area is 106 Å². The van der Waals surface area contributed by atoms with Crippen molar-refractivity contribution in [3.63, 3.8) is 0 Å². The molecule has 2 nitrogen and oxygen atoms in total. The number of hydrogen-bond acceptors (Lipinski definition) is 3. The molecule has 0 spiro atoms. The molecule has 1 aromatic carbocycles. The molecule has 2 unspecified atom stereocenters. The van der Waals surface area contributed by atoms with Crippen molar-refractivity contribution in [2.24, 2.45) is 5.73 Å². The molecule has 0 amide bonds. The minimum absolute atomic E-state index is 0.0349.